The highest BCUT2D eigenvalue weighted by Gasteiger charge is 2.29. The van der Waals surface area contributed by atoms with E-state index in [9.17, 15) is 27.1 Å². The van der Waals surface area contributed by atoms with Crippen LogP contribution in [-0.2, 0) is 0 Å². The molecule has 2 aromatic rings. The van der Waals surface area contributed by atoms with Crippen LogP contribution in [0.15, 0.2) is 47.4 Å². The maximum atomic E-state index is 13.1. The molecule has 0 aliphatic heterocycles. The molecule has 2 rings (SSSR count). The predicted molar refractivity (Wildman–Crippen MR) is 68.8 cm³/mol. The smallest absolute Gasteiger partial charge is 0.384 e. The minimum Gasteiger partial charge on any atom is -0.384 e. The number of halogens is 5. The molecule has 0 saturated carbocycles. The topological polar surface area (TPSA) is 20.2 Å². The lowest BCUT2D eigenvalue weighted by Crippen LogP contribution is -2.02. The fourth-order valence-corrected chi connectivity index (χ4v) is 2.32. The van der Waals surface area contributed by atoms with Crippen LogP contribution in [0.1, 0.15) is 17.2 Å². The number of aliphatic hydroxyl groups is 1. The van der Waals surface area contributed by atoms with Crippen molar-refractivity contribution in [3.05, 3.63) is 65.2 Å². The van der Waals surface area contributed by atoms with E-state index in [0.717, 1.165) is 12.1 Å². The number of benzene rings is 2. The van der Waals surface area contributed by atoms with Gasteiger partial charge >= 0.3 is 5.51 Å². The van der Waals surface area contributed by atoms with Crippen molar-refractivity contribution >= 4 is 11.8 Å². The van der Waals surface area contributed by atoms with Gasteiger partial charge in [-0.2, -0.15) is 13.2 Å². The molecule has 2 aromatic carbocycles. The lowest BCUT2D eigenvalue weighted by molar-refractivity contribution is -0.0328. The molecule has 0 saturated heterocycles. The van der Waals surface area contributed by atoms with Gasteiger partial charge in [0.2, 0.25) is 0 Å². The molecule has 0 aliphatic carbocycles. The Morgan fingerprint density at radius 2 is 1.38 bits per heavy atom. The van der Waals surface area contributed by atoms with Gasteiger partial charge in [0, 0.05) is 11.0 Å². The van der Waals surface area contributed by atoms with Crippen molar-refractivity contribution in [3.63, 3.8) is 0 Å². The van der Waals surface area contributed by atoms with Gasteiger partial charge in [0.25, 0.3) is 0 Å². The van der Waals surface area contributed by atoms with E-state index in [0.29, 0.717) is 6.07 Å². The fraction of sp³-hybridized carbons (Fsp3) is 0.143. The summed E-state index contributed by atoms with van der Waals surface area (Å²) >= 11 is -0.280. The molecule has 7 heteroatoms. The quantitative estimate of drug-likeness (QED) is 0.656. The molecule has 21 heavy (non-hydrogen) atoms. The number of aliphatic hydroxyl groups excluding tert-OH is 1. The average Bonchev–Trinajstić information content (AvgIpc) is 2.35. The molecule has 0 radical (unpaired) electrons. The van der Waals surface area contributed by atoms with Crippen molar-refractivity contribution in [3.8, 4) is 0 Å². The fourth-order valence-electron chi connectivity index (χ4n) is 1.78. The van der Waals surface area contributed by atoms with Crippen LogP contribution in [0.3, 0.4) is 0 Å². The van der Waals surface area contributed by atoms with E-state index in [1.807, 2.05) is 0 Å². The number of thioether (sulfide) groups is 1. The third-order valence-electron chi connectivity index (χ3n) is 2.63. The highest BCUT2D eigenvalue weighted by Crippen LogP contribution is 2.37. The van der Waals surface area contributed by atoms with Crippen molar-refractivity contribution in [2.75, 3.05) is 0 Å². The van der Waals surface area contributed by atoms with Gasteiger partial charge < -0.3 is 5.11 Å². The first-order valence-corrected chi connectivity index (χ1v) is 6.56. The Morgan fingerprint density at radius 1 is 0.857 bits per heavy atom. The second-order valence-corrected chi connectivity index (χ2v) is 5.36. The van der Waals surface area contributed by atoms with Gasteiger partial charge in [-0.3, -0.25) is 0 Å². The van der Waals surface area contributed by atoms with Crippen LogP contribution in [-0.4, -0.2) is 10.6 Å². The molecule has 0 aliphatic rings. The zero-order valence-corrected chi connectivity index (χ0v) is 11.2. The Bertz CT molecular complexity index is 604. The Kier molecular flexibility index (Phi) is 4.53. The summed E-state index contributed by atoms with van der Waals surface area (Å²) < 4.78 is 62.7. The van der Waals surface area contributed by atoms with Gasteiger partial charge in [0.15, 0.2) is 0 Å². The van der Waals surface area contributed by atoms with Crippen LogP contribution in [0.4, 0.5) is 22.0 Å². The molecule has 1 N–H and O–H groups in total. The zero-order valence-electron chi connectivity index (χ0n) is 10.4. The Hall–Kier alpha value is -1.60. The summed E-state index contributed by atoms with van der Waals surface area (Å²) in [6, 6.07) is 7.53. The van der Waals surface area contributed by atoms with Gasteiger partial charge in [0.05, 0.1) is 0 Å². The summed E-state index contributed by atoms with van der Waals surface area (Å²) in [6.45, 7) is 0. The van der Waals surface area contributed by atoms with E-state index in [1.165, 1.54) is 24.3 Å². The first-order chi connectivity index (χ1) is 9.74. The van der Waals surface area contributed by atoms with Crippen LogP contribution in [0.25, 0.3) is 0 Å². The molecule has 0 spiro atoms. The summed E-state index contributed by atoms with van der Waals surface area (Å²) in [5.74, 6) is -1.68. The van der Waals surface area contributed by atoms with Crippen molar-refractivity contribution in [1.82, 2.24) is 0 Å². The SMILES string of the molecule is OC(c1ccc(SC(F)(F)F)cc1)c1cc(F)cc(F)c1. The van der Waals surface area contributed by atoms with Crippen LogP contribution >= 0.6 is 11.8 Å². The largest absolute Gasteiger partial charge is 0.446 e. The van der Waals surface area contributed by atoms with E-state index in [-0.39, 0.29) is 27.8 Å². The van der Waals surface area contributed by atoms with Crippen LogP contribution in [0.2, 0.25) is 0 Å². The molecular formula is C14H9F5OS. The highest BCUT2D eigenvalue weighted by atomic mass is 32.2. The first kappa shape index (κ1) is 15.8. The molecular weight excluding hydrogens is 311 g/mol. The van der Waals surface area contributed by atoms with E-state index >= 15 is 0 Å². The number of alkyl halides is 3. The van der Waals surface area contributed by atoms with Crippen molar-refractivity contribution in [1.29, 1.82) is 0 Å². The number of hydrogen-bond donors (Lipinski definition) is 1. The minimum atomic E-state index is -4.40. The van der Waals surface area contributed by atoms with Gasteiger partial charge in [-0.05, 0) is 47.2 Å². The normalized spacial score (nSPS) is 13.2. The first-order valence-electron chi connectivity index (χ1n) is 5.74. The Labute approximate surface area is 121 Å². The summed E-state index contributed by atoms with van der Waals surface area (Å²) in [4.78, 5) is -0.0381. The molecule has 112 valence electrons. The van der Waals surface area contributed by atoms with Gasteiger partial charge in [0.1, 0.15) is 17.7 Å². The molecule has 1 nitrogen and oxygen atoms in total. The highest BCUT2D eigenvalue weighted by molar-refractivity contribution is 8.00. The van der Waals surface area contributed by atoms with Crippen LogP contribution in [0.5, 0.6) is 0 Å². The molecule has 0 heterocycles. The Morgan fingerprint density at radius 3 is 1.86 bits per heavy atom. The summed E-state index contributed by atoms with van der Waals surface area (Å²) in [5.41, 5.74) is -4.17. The second-order valence-electron chi connectivity index (χ2n) is 4.22. The van der Waals surface area contributed by atoms with Crippen LogP contribution in [0, 0.1) is 11.6 Å². The van der Waals surface area contributed by atoms with E-state index in [4.69, 9.17) is 0 Å². The van der Waals surface area contributed by atoms with E-state index in [1.54, 1.807) is 0 Å². The minimum absolute atomic E-state index is 0.0104. The van der Waals surface area contributed by atoms with Gasteiger partial charge in [-0.15, -0.1) is 0 Å². The van der Waals surface area contributed by atoms with Gasteiger partial charge in [-0.25, -0.2) is 8.78 Å². The van der Waals surface area contributed by atoms with E-state index in [2.05, 4.69) is 0 Å². The van der Waals surface area contributed by atoms with Crippen molar-refractivity contribution in [2.24, 2.45) is 0 Å². The van der Waals surface area contributed by atoms with Gasteiger partial charge in [-0.1, -0.05) is 12.1 Å². The zero-order chi connectivity index (χ0) is 15.6. The predicted octanol–water partition coefficient (Wildman–Crippen LogP) is 4.66. The summed E-state index contributed by atoms with van der Waals surface area (Å²) in [5, 5.41) is 10.0. The monoisotopic (exact) mass is 320 g/mol. The lowest BCUT2D eigenvalue weighted by Gasteiger charge is -2.13. The number of rotatable bonds is 3. The molecule has 1 unspecified atom stereocenters. The molecule has 1 atom stereocenters. The summed E-state index contributed by atoms with van der Waals surface area (Å²) in [6.07, 6.45) is -1.32. The lowest BCUT2D eigenvalue weighted by atomic mass is 10.0. The average molecular weight is 320 g/mol. The van der Waals surface area contributed by atoms with Crippen molar-refractivity contribution in [2.45, 2.75) is 16.5 Å². The Balaban J connectivity index is 2.21. The second kappa shape index (κ2) is 6.03. The maximum absolute atomic E-state index is 13.1. The molecule has 0 bridgehead atoms. The van der Waals surface area contributed by atoms with Crippen molar-refractivity contribution < 1.29 is 27.1 Å². The summed E-state index contributed by atoms with van der Waals surface area (Å²) in [7, 11) is 0. The van der Waals surface area contributed by atoms with E-state index < -0.39 is 23.2 Å². The maximum Gasteiger partial charge on any atom is 0.446 e. The third-order valence-corrected chi connectivity index (χ3v) is 3.37. The standard InChI is InChI=1S/C14H9F5OS/c15-10-5-9(6-11(16)7-10)13(20)8-1-3-12(4-2-8)21-14(17,18)19/h1-7,13,20H. The molecule has 0 aromatic heterocycles. The number of hydrogen-bond acceptors (Lipinski definition) is 2. The molecule has 0 amide bonds. The third kappa shape index (κ3) is 4.44. The van der Waals surface area contributed by atoms with Crippen LogP contribution < -0.4 is 0 Å². The molecule has 0 fully saturated rings.